The molecule has 17 aromatic carbocycles. The molecule has 3 aliphatic carbocycles. The van der Waals surface area contributed by atoms with Crippen LogP contribution >= 0.6 is 0 Å². The predicted octanol–water partition coefficient (Wildman–Crippen LogP) is 30.6. The quantitative estimate of drug-likeness (QED) is 0.121. The standard InChI is InChI=1S/2C42H29N3O.C36H25N3O/c1-42(2)35-19-10-9-18-31(35)32-21-22-33-34-25-29(20-23-36(34)46-38(33)37(32)42)28-16-11-17-30(24-28)41-44-39(26-12-5-3-6-13-26)43-40(45-41)27-14-7-4-8-15-27;1-42(2)35-16-10-9-15-31(35)32-22-23-33-34-25-30(21-24-36(34)46-38(33)37(32)42)26-17-19-29(20-18-26)41-44-39(27-11-5-3-6-12-27)43-40(45-41)28-13-7-4-8-14-28;1-36(2)28-18-10-9-16-24(28)25-20-21-26-30-27(17-11-19-29(30)40-32(26)31(25)36)35-38-33(22-12-5-3-6-13-22)37-34(39-35)23-14-7-4-8-15-23/h2*3-25H,1-2H3;3-21H,1-2H3. The Morgan fingerprint density at radius 1 is 0.167 bits per heavy atom. The van der Waals surface area contributed by atoms with Crippen LogP contribution in [-0.4, -0.2) is 44.9 Å². The lowest BCUT2D eigenvalue weighted by Crippen LogP contribution is -2.15. The second-order valence-electron chi connectivity index (χ2n) is 35.8. The summed E-state index contributed by atoms with van der Waals surface area (Å²) in [6.07, 6.45) is 0. The van der Waals surface area contributed by atoms with Crippen LogP contribution < -0.4 is 0 Å². The zero-order valence-electron chi connectivity index (χ0n) is 73.3. The van der Waals surface area contributed by atoms with Gasteiger partial charge in [-0.1, -0.05) is 381 Å². The highest BCUT2D eigenvalue weighted by molar-refractivity contribution is 6.16. The Bertz CT molecular complexity index is 8350. The molecule has 23 aromatic rings. The molecule has 0 fully saturated rings. The molecule has 0 aliphatic heterocycles. The number of rotatable bonds is 11. The van der Waals surface area contributed by atoms with Crippen molar-refractivity contribution in [2.45, 2.75) is 57.8 Å². The van der Waals surface area contributed by atoms with E-state index in [-0.39, 0.29) is 16.2 Å². The van der Waals surface area contributed by atoms with Crippen LogP contribution in [0.5, 0.6) is 0 Å². The maximum atomic E-state index is 6.68. The molecule has 0 radical (unpaired) electrons. The van der Waals surface area contributed by atoms with Gasteiger partial charge in [0.15, 0.2) is 52.4 Å². The third kappa shape index (κ3) is 13.3. The zero-order chi connectivity index (χ0) is 88.5. The van der Waals surface area contributed by atoms with Crippen molar-refractivity contribution in [3.63, 3.8) is 0 Å². The molecule has 0 spiro atoms. The lowest BCUT2D eigenvalue weighted by molar-refractivity contribution is 0.619. The van der Waals surface area contributed by atoms with Gasteiger partial charge in [-0.3, -0.25) is 0 Å². The Hall–Kier alpha value is -16.8. The topological polar surface area (TPSA) is 155 Å². The van der Waals surface area contributed by atoms with Gasteiger partial charge in [-0.25, -0.2) is 44.9 Å². The second kappa shape index (κ2) is 31.3. The molecule has 0 atom stereocenters. The summed E-state index contributed by atoms with van der Waals surface area (Å²) in [6, 6.07) is 136. The van der Waals surface area contributed by atoms with Crippen molar-refractivity contribution >= 4 is 65.8 Å². The minimum atomic E-state index is -0.173. The van der Waals surface area contributed by atoms with E-state index in [1.807, 2.05) is 194 Å². The number of hydrogen-bond acceptors (Lipinski definition) is 12. The smallest absolute Gasteiger partial charge is 0.164 e. The van der Waals surface area contributed by atoms with Crippen LogP contribution in [-0.2, 0) is 16.2 Å². The van der Waals surface area contributed by atoms with Gasteiger partial charge in [0.1, 0.15) is 33.5 Å². The molecule has 26 rings (SSSR count). The fourth-order valence-electron chi connectivity index (χ4n) is 20.3. The molecule has 12 heteroatoms. The first-order chi connectivity index (χ1) is 64.7. The first kappa shape index (κ1) is 78.6. The van der Waals surface area contributed by atoms with Gasteiger partial charge >= 0.3 is 0 Å². The molecule has 0 saturated heterocycles. The fraction of sp³-hybridized carbons (Fsp3) is 0.0750. The fourth-order valence-corrected chi connectivity index (χ4v) is 20.3. The summed E-state index contributed by atoms with van der Waals surface area (Å²) in [5.74, 6) is 5.82. The third-order valence-electron chi connectivity index (χ3n) is 26.8. The molecular weight excluding hydrogens is 1620 g/mol. The molecule has 0 amide bonds. The monoisotopic (exact) mass is 1700 g/mol. The van der Waals surface area contributed by atoms with E-state index >= 15 is 0 Å². The van der Waals surface area contributed by atoms with Crippen molar-refractivity contribution in [1.29, 1.82) is 0 Å². The SMILES string of the molecule is CC1(C)c2ccccc2-c2ccc3c(oc4ccc(-c5ccc(-c6nc(-c7ccccc7)nc(-c7ccccc7)n6)cc5)cc43)c21.CC1(C)c2ccccc2-c2ccc3c(oc4ccc(-c5cccc(-c6nc(-c7ccccc7)nc(-c7ccccc7)n6)c5)cc43)c21.CC1(C)c2ccccc2-c2ccc3c(oc4cccc(-c5nc(-c6ccccc6)nc(-c6ccccc6)n5)c43)c21. The summed E-state index contributed by atoms with van der Waals surface area (Å²) < 4.78 is 19.9. The average Bonchev–Trinajstić information content (AvgIpc) is 1.56. The van der Waals surface area contributed by atoms with Gasteiger partial charge < -0.3 is 13.3 Å². The molecule has 6 aromatic heterocycles. The number of benzene rings is 17. The van der Waals surface area contributed by atoms with E-state index in [0.717, 1.165) is 138 Å². The van der Waals surface area contributed by atoms with Gasteiger partial charge in [0.25, 0.3) is 0 Å². The van der Waals surface area contributed by atoms with Gasteiger partial charge in [-0.15, -0.1) is 0 Å². The molecule has 132 heavy (non-hydrogen) atoms. The number of nitrogens with zero attached hydrogens (tertiary/aromatic N) is 9. The number of furan rings is 3. The minimum Gasteiger partial charge on any atom is -0.456 e. The van der Waals surface area contributed by atoms with Gasteiger partial charge in [0, 0.05) is 115 Å². The summed E-state index contributed by atoms with van der Waals surface area (Å²) >= 11 is 0. The lowest BCUT2D eigenvalue weighted by atomic mass is 9.81. The summed E-state index contributed by atoms with van der Waals surface area (Å²) in [5, 5.41) is 6.64. The van der Waals surface area contributed by atoms with E-state index < -0.39 is 0 Å². The molecule has 0 saturated carbocycles. The first-order valence-corrected chi connectivity index (χ1v) is 44.8. The van der Waals surface area contributed by atoms with E-state index in [1.165, 1.54) is 66.8 Å². The van der Waals surface area contributed by atoms with Gasteiger partial charge in [-0.05, 0) is 127 Å². The Kier molecular flexibility index (Phi) is 18.6. The van der Waals surface area contributed by atoms with Crippen LogP contribution in [0.25, 0.3) is 224 Å². The van der Waals surface area contributed by atoms with Gasteiger partial charge in [0.05, 0.1) is 0 Å². The van der Waals surface area contributed by atoms with Crippen LogP contribution in [0.15, 0.2) is 408 Å². The molecule has 3 aliphatic rings. The van der Waals surface area contributed by atoms with Crippen LogP contribution in [0.1, 0.15) is 74.9 Å². The van der Waals surface area contributed by atoms with E-state index in [1.54, 1.807) is 0 Å². The van der Waals surface area contributed by atoms with E-state index in [0.29, 0.717) is 52.4 Å². The van der Waals surface area contributed by atoms with Gasteiger partial charge in [0.2, 0.25) is 0 Å². The van der Waals surface area contributed by atoms with E-state index in [9.17, 15) is 0 Å². The van der Waals surface area contributed by atoms with Crippen LogP contribution in [0.2, 0.25) is 0 Å². The van der Waals surface area contributed by atoms with Crippen LogP contribution in [0.3, 0.4) is 0 Å². The summed E-state index contributed by atoms with van der Waals surface area (Å²) in [5.41, 5.74) is 33.5. The summed E-state index contributed by atoms with van der Waals surface area (Å²) in [6.45, 7) is 13.8. The Balaban J connectivity index is 0.000000110. The van der Waals surface area contributed by atoms with Crippen molar-refractivity contribution in [3.05, 3.63) is 428 Å². The second-order valence-corrected chi connectivity index (χ2v) is 35.8. The molecule has 0 unspecified atom stereocenters. The maximum absolute atomic E-state index is 6.68. The largest absolute Gasteiger partial charge is 0.456 e. The van der Waals surface area contributed by atoms with Crippen molar-refractivity contribution in [2.24, 2.45) is 0 Å². The van der Waals surface area contributed by atoms with Crippen LogP contribution in [0.4, 0.5) is 0 Å². The Morgan fingerprint density at radius 3 is 0.803 bits per heavy atom. The number of hydrogen-bond donors (Lipinski definition) is 0. The highest BCUT2D eigenvalue weighted by Gasteiger charge is 2.42. The molecule has 626 valence electrons. The molecule has 0 N–H and O–H groups in total. The summed E-state index contributed by atoms with van der Waals surface area (Å²) in [4.78, 5) is 44.2. The molecule has 12 nitrogen and oxygen atoms in total. The molecule has 0 bridgehead atoms. The number of aromatic nitrogens is 9. The van der Waals surface area contributed by atoms with Crippen molar-refractivity contribution in [1.82, 2.24) is 44.9 Å². The van der Waals surface area contributed by atoms with Crippen molar-refractivity contribution < 1.29 is 13.3 Å². The lowest BCUT2D eigenvalue weighted by Gasteiger charge is -2.21. The minimum absolute atomic E-state index is 0.131. The highest BCUT2D eigenvalue weighted by atomic mass is 16.3. The Labute approximate surface area is 762 Å². The van der Waals surface area contributed by atoms with Crippen molar-refractivity contribution in [3.8, 4) is 158 Å². The van der Waals surface area contributed by atoms with Gasteiger partial charge in [-0.2, -0.15) is 0 Å². The molecule has 6 heterocycles. The predicted molar refractivity (Wildman–Crippen MR) is 534 cm³/mol. The third-order valence-corrected chi connectivity index (χ3v) is 26.8. The number of fused-ring (bicyclic) bond motifs is 21. The highest BCUT2D eigenvalue weighted by Crippen LogP contribution is 2.57. The molecular formula is C120H83N9O3. The average molecular weight is 1700 g/mol. The first-order valence-electron chi connectivity index (χ1n) is 44.8. The summed E-state index contributed by atoms with van der Waals surface area (Å²) in [7, 11) is 0. The normalized spacial score (nSPS) is 13.3. The Morgan fingerprint density at radius 2 is 0.424 bits per heavy atom. The van der Waals surface area contributed by atoms with E-state index in [2.05, 4.69) is 242 Å². The van der Waals surface area contributed by atoms with Crippen molar-refractivity contribution in [2.75, 3.05) is 0 Å². The zero-order valence-corrected chi connectivity index (χ0v) is 73.3. The van der Waals surface area contributed by atoms with Crippen LogP contribution in [0, 0.1) is 0 Å². The van der Waals surface area contributed by atoms with E-state index in [4.69, 9.17) is 58.1 Å². The maximum Gasteiger partial charge on any atom is 0.164 e.